The second-order valence-corrected chi connectivity index (χ2v) is 2.48. The first kappa shape index (κ1) is 5.82. The number of carboxylic acids is 1. The highest BCUT2D eigenvalue weighted by Gasteiger charge is 2.59. The van der Waals surface area contributed by atoms with Crippen molar-refractivity contribution in [2.24, 2.45) is 5.92 Å². The number of alkyl halides is 2. The molecule has 1 N–H and O–H groups in total. The van der Waals surface area contributed by atoms with E-state index in [9.17, 15) is 9.18 Å². The predicted molar refractivity (Wildman–Crippen MR) is 25.4 cm³/mol. The first-order valence-corrected chi connectivity index (χ1v) is 2.52. The SMILES string of the molecule is O=C(O)[C@@H]1CC1(F)Cl. The molecule has 2 atom stereocenters. The average Bonchev–Trinajstić information content (AvgIpc) is 2.13. The molecule has 1 rings (SSSR count). The van der Waals surface area contributed by atoms with Crippen molar-refractivity contribution in [1.29, 1.82) is 0 Å². The Balaban J connectivity index is 2.48. The summed E-state index contributed by atoms with van der Waals surface area (Å²) in [6.45, 7) is 0. The first-order valence-electron chi connectivity index (χ1n) is 2.14. The van der Waals surface area contributed by atoms with Crippen molar-refractivity contribution in [1.82, 2.24) is 0 Å². The Morgan fingerprint density at radius 2 is 2.38 bits per heavy atom. The van der Waals surface area contributed by atoms with Crippen LogP contribution in [0.1, 0.15) is 6.42 Å². The van der Waals surface area contributed by atoms with Crippen molar-refractivity contribution >= 4 is 17.6 Å². The molecule has 0 heterocycles. The van der Waals surface area contributed by atoms with Gasteiger partial charge in [-0.3, -0.25) is 4.79 Å². The highest BCUT2D eigenvalue weighted by Crippen LogP contribution is 2.50. The highest BCUT2D eigenvalue weighted by atomic mass is 35.5. The molecule has 46 valence electrons. The van der Waals surface area contributed by atoms with Crippen molar-refractivity contribution in [3.05, 3.63) is 0 Å². The van der Waals surface area contributed by atoms with Gasteiger partial charge in [-0.15, -0.1) is 0 Å². The molecule has 8 heavy (non-hydrogen) atoms. The summed E-state index contributed by atoms with van der Waals surface area (Å²) in [6, 6.07) is 0. The van der Waals surface area contributed by atoms with Crippen LogP contribution in [0.15, 0.2) is 0 Å². The molecule has 0 bridgehead atoms. The lowest BCUT2D eigenvalue weighted by atomic mass is 10.4. The molecule has 0 aliphatic heterocycles. The summed E-state index contributed by atoms with van der Waals surface area (Å²) in [4.78, 5) is 9.85. The second kappa shape index (κ2) is 1.35. The molecule has 0 saturated heterocycles. The number of halogens is 2. The Hall–Kier alpha value is -0.310. The van der Waals surface area contributed by atoms with E-state index in [-0.39, 0.29) is 6.42 Å². The van der Waals surface area contributed by atoms with Crippen molar-refractivity contribution in [3.8, 4) is 0 Å². The molecular formula is C4H4ClFO2. The molecule has 2 nitrogen and oxygen atoms in total. The molecule has 1 saturated carbocycles. The molecule has 0 radical (unpaired) electrons. The van der Waals surface area contributed by atoms with Gasteiger partial charge >= 0.3 is 5.97 Å². The van der Waals surface area contributed by atoms with E-state index in [0.717, 1.165) is 0 Å². The van der Waals surface area contributed by atoms with Crippen LogP contribution in [0.5, 0.6) is 0 Å². The van der Waals surface area contributed by atoms with Crippen LogP contribution in [-0.2, 0) is 4.79 Å². The third-order valence-corrected chi connectivity index (χ3v) is 1.54. The molecule has 0 aromatic heterocycles. The third kappa shape index (κ3) is 0.777. The molecular weight excluding hydrogens is 134 g/mol. The number of carboxylic acid groups (broad SMARTS) is 1. The first-order chi connectivity index (χ1) is 3.54. The monoisotopic (exact) mass is 138 g/mol. The Labute approximate surface area is 50.3 Å². The summed E-state index contributed by atoms with van der Waals surface area (Å²) in [7, 11) is 0. The Morgan fingerprint density at radius 3 is 2.38 bits per heavy atom. The molecule has 0 aromatic carbocycles. The van der Waals surface area contributed by atoms with Gasteiger partial charge in [-0.2, -0.15) is 0 Å². The van der Waals surface area contributed by atoms with Gasteiger partial charge in [0.15, 0.2) is 5.13 Å². The second-order valence-electron chi connectivity index (χ2n) is 1.86. The smallest absolute Gasteiger partial charge is 0.311 e. The van der Waals surface area contributed by atoms with E-state index in [0.29, 0.717) is 0 Å². The van der Waals surface area contributed by atoms with E-state index >= 15 is 0 Å². The standard InChI is InChI=1S/C4H4ClFO2/c5-4(6)1-2(4)3(7)8/h2H,1H2,(H,7,8)/t2-,4?/m0/s1. The van der Waals surface area contributed by atoms with Crippen molar-refractivity contribution in [2.45, 2.75) is 11.5 Å². The molecule has 1 fully saturated rings. The molecule has 0 aromatic rings. The van der Waals surface area contributed by atoms with Crippen LogP contribution in [0.25, 0.3) is 0 Å². The summed E-state index contributed by atoms with van der Waals surface area (Å²) in [5.41, 5.74) is 0. The lowest BCUT2D eigenvalue weighted by molar-refractivity contribution is -0.139. The van der Waals surface area contributed by atoms with E-state index in [4.69, 9.17) is 16.7 Å². The molecule has 1 aliphatic rings. The topological polar surface area (TPSA) is 37.3 Å². The third-order valence-electron chi connectivity index (χ3n) is 1.12. The molecule has 0 amide bonds. The number of aliphatic carboxylic acids is 1. The van der Waals surface area contributed by atoms with Crippen LogP contribution >= 0.6 is 11.6 Å². The van der Waals surface area contributed by atoms with Crippen LogP contribution < -0.4 is 0 Å². The summed E-state index contributed by atoms with van der Waals surface area (Å²) >= 11 is 4.95. The zero-order valence-electron chi connectivity index (χ0n) is 3.90. The van der Waals surface area contributed by atoms with Crippen molar-refractivity contribution in [3.63, 3.8) is 0 Å². The maximum absolute atomic E-state index is 12.1. The fourth-order valence-corrected chi connectivity index (χ4v) is 0.729. The minimum atomic E-state index is -1.94. The van der Waals surface area contributed by atoms with Gasteiger partial charge in [-0.25, -0.2) is 4.39 Å². The van der Waals surface area contributed by atoms with Crippen LogP contribution in [0.4, 0.5) is 4.39 Å². The number of carbonyl (C=O) groups is 1. The fraction of sp³-hybridized carbons (Fsp3) is 0.750. The number of rotatable bonds is 1. The Morgan fingerprint density at radius 1 is 2.00 bits per heavy atom. The Bertz CT molecular complexity index is 134. The predicted octanol–water partition coefficient (Wildman–Crippen LogP) is 0.996. The lowest BCUT2D eigenvalue weighted by Gasteiger charge is -1.87. The van der Waals surface area contributed by atoms with Gasteiger partial charge in [-0.05, 0) is 0 Å². The largest absolute Gasteiger partial charge is 0.481 e. The highest BCUT2D eigenvalue weighted by molar-refractivity contribution is 6.26. The van der Waals surface area contributed by atoms with Crippen LogP contribution in [0.3, 0.4) is 0 Å². The van der Waals surface area contributed by atoms with Gasteiger partial charge in [0.2, 0.25) is 0 Å². The minimum absolute atomic E-state index is 0.0517. The summed E-state index contributed by atoms with van der Waals surface area (Å²) in [6.07, 6.45) is -0.0517. The fourth-order valence-electron chi connectivity index (χ4n) is 0.481. The number of hydrogen-bond donors (Lipinski definition) is 1. The van der Waals surface area contributed by atoms with Gasteiger partial charge in [-0.1, -0.05) is 11.6 Å². The summed E-state index contributed by atoms with van der Waals surface area (Å²) in [5.74, 6) is -2.12. The van der Waals surface area contributed by atoms with Crippen LogP contribution in [-0.4, -0.2) is 16.2 Å². The Kier molecular flexibility index (Phi) is 0.979. The van der Waals surface area contributed by atoms with E-state index in [1.54, 1.807) is 0 Å². The maximum atomic E-state index is 12.1. The normalized spacial score (nSPS) is 44.0. The minimum Gasteiger partial charge on any atom is -0.481 e. The van der Waals surface area contributed by atoms with Crippen molar-refractivity contribution in [2.75, 3.05) is 0 Å². The van der Waals surface area contributed by atoms with E-state index in [1.165, 1.54) is 0 Å². The number of hydrogen-bond acceptors (Lipinski definition) is 1. The van der Waals surface area contributed by atoms with Crippen LogP contribution in [0.2, 0.25) is 0 Å². The zero-order chi connectivity index (χ0) is 6.36. The van der Waals surface area contributed by atoms with E-state index in [1.807, 2.05) is 0 Å². The summed E-state index contributed by atoms with van der Waals surface area (Å²) in [5, 5.41) is 6.13. The lowest BCUT2D eigenvalue weighted by Crippen LogP contribution is -2.03. The van der Waals surface area contributed by atoms with Gasteiger partial charge in [0, 0.05) is 6.42 Å². The molecule has 1 aliphatic carbocycles. The van der Waals surface area contributed by atoms with Gasteiger partial charge < -0.3 is 5.11 Å². The van der Waals surface area contributed by atoms with E-state index in [2.05, 4.69) is 0 Å². The van der Waals surface area contributed by atoms with Crippen molar-refractivity contribution < 1.29 is 14.3 Å². The quantitative estimate of drug-likeness (QED) is 0.549. The molecule has 1 unspecified atom stereocenters. The van der Waals surface area contributed by atoms with Crippen LogP contribution in [0, 0.1) is 5.92 Å². The molecule has 0 spiro atoms. The van der Waals surface area contributed by atoms with Gasteiger partial charge in [0.1, 0.15) is 5.92 Å². The van der Waals surface area contributed by atoms with Gasteiger partial charge in [0.25, 0.3) is 0 Å². The maximum Gasteiger partial charge on any atom is 0.311 e. The molecule has 4 heteroatoms. The average molecular weight is 139 g/mol. The zero-order valence-corrected chi connectivity index (χ0v) is 4.65. The van der Waals surface area contributed by atoms with E-state index < -0.39 is 17.0 Å². The summed E-state index contributed by atoms with van der Waals surface area (Å²) < 4.78 is 12.1. The van der Waals surface area contributed by atoms with Gasteiger partial charge in [0.05, 0.1) is 0 Å².